The third kappa shape index (κ3) is 3.44. The Morgan fingerprint density at radius 1 is 1.43 bits per heavy atom. The molecule has 0 bridgehead atoms. The lowest BCUT2D eigenvalue weighted by Crippen LogP contribution is -2.21. The Morgan fingerprint density at radius 3 is 3.10 bits per heavy atom. The third-order valence-electron chi connectivity index (χ3n) is 3.92. The van der Waals surface area contributed by atoms with Gasteiger partial charge in [0, 0.05) is 11.8 Å². The van der Waals surface area contributed by atoms with Crippen LogP contribution in [0.2, 0.25) is 0 Å². The second kappa shape index (κ2) is 6.58. The van der Waals surface area contributed by atoms with Crippen molar-refractivity contribution in [2.75, 3.05) is 13.2 Å². The molecule has 0 saturated carbocycles. The maximum atomic E-state index is 5.57. The Hall–Kier alpha value is -1.39. The summed E-state index contributed by atoms with van der Waals surface area (Å²) in [7, 11) is 0. The number of nitrogens with one attached hydrogen (secondary N) is 1. The van der Waals surface area contributed by atoms with Crippen molar-refractivity contribution in [2.24, 2.45) is 0 Å². The van der Waals surface area contributed by atoms with Gasteiger partial charge in [0.05, 0.1) is 23.4 Å². The first kappa shape index (κ1) is 14.5. The molecule has 3 nitrogen and oxygen atoms in total. The van der Waals surface area contributed by atoms with Crippen molar-refractivity contribution in [3.05, 3.63) is 45.4 Å². The molecule has 1 aromatic carbocycles. The molecule has 0 spiro atoms. The smallest absolute Gasteiger partial charge is 0.122 e. The molecule has 2 aromatic rings. The number of hydrogen-bond donors (Lipinski definition) is 1. The summed E-state index contributed by atoms with van der Waals surface area (Å²) in [5.41, 5.74) is 3.94. The summed E-state index contributed by atoms with van der Waals surface area (Å²) >= 11 is 1.73. The first-order chi connectivity index (χ1) is 10.3. The van der Waals surface area contributed by atoms with E-state index in [0.717, 1.165) is 43.2 Å². The van der Waals surface area contributed by atoms with Crippen LogP contribution in [-0.2, 0) is 12.8 Å². The summed E-state index contributed by atoms with van der Waals surface area (Å²) in [6.45, 7) is 6.02. The number of fused-ring (bicyclic) bond motifs is 1. The van der Waals surface area contributed by atoms with Crippen LogP contribution in [0.25, 0.3) is 0 Å². The van der Waals surface area contributed by atoms with Crippen molar-refractivity contribution in [2.45, 2.75) is 39.2 Å². The molecule has 1 unspecified atom stereocenters. The van der Waals surface area contributed by atoms with Gasteiger partial charge in [-0.15, -0.1) is 11.3 Å². The second-order valence-corrected chi connectivity index (χ2v) is 6.54. The van der Waals surface area contributed by atoms with Crippen LogP contribution in [0, 0.1) is 6.92 Å². The summed E-state index contributed by atoms with van der Waals surface area (Å²) in [4.78, 5) is 4.64. The highest BCUT2D eigenvalue weighted by atomic mass is 32.1. The zero-order valence-corrected chi connectivity index (χ0v) is 13.5. The SMILES string of the molecule is CCNC(CCc1ccc2c(c1)CCO2)c1csc(C)n1. The van der Waals surface area contributed by atoms with Crippen LogP contribution in [0.4, 0.5) is 0 Å². The third-order valence-corrected chi connectivity index (χ3v) is 4.71. The number of hydrogen-bond acceptors (Lipinski definition) is 4. The van der Waals surface area contributed by atoms with E-state index in [2.05, 4.69) is 47.7 Å². The number of nitrogens with zero attached hydrogens (tertiary/aromatic N) is 1. The second-order valence-electron chi connectivity index (χ2n) is 5.48. The largest absolute Gasteiger partial charge is 0.493 e. The van der Waals surface area contributed by atoms with Crippen LogP contribution in [0.3, 0.4) is 0 Å². The van der Waals surface area contributed by atoms with Crippen molar-refractivity contribution in [1.82, 2.24) is 10.3 Å². The molecule has 0 fully saturated rings. The molecule has 1 aliphatic rings. The van der Waals surface area contributed by atoms with E-state index in [-0.39, 0.29) is 0 Å². The quantitative estimate of drug-likeness (QED) is 0.884. The van der Waals surface area contributed by atoms with Crippen LogP contribution in [-0.4, -0.2) is 18.1 Å². The van der Waals surface area contributed by atoms with Crippen molar-refractivity contribution in [1.29, 1.82) is 0 Å². The Morgan fingerprint density at radius 2 is 2.33 bits per heavy atom. The average Bonchev–Trinajstić information content (AvgIpc) is 3.11. The molecule has 3 rings (SSSR count). The van der Waals surface area contributed by atoms with Crippen LogP contribution in [0.5, 0.6) is 5.75 Å². The van der Waals surface area contributed by atoms with Crippen molar-refractivity contribution in [3.8, 4) is 5.75 Å². The van der Waals surface area contributed by atoms with Crippen molar-refractivity contribution >= 4 is 11.3 Å². The molecule has 0 radical (unpaired) electrons. The highest BCUT2D eigenvalue weighted by Crippen LogP contribution is 2.27. The van der Waals surface area contributed by atoms with Gasteiger partial charge in [-0.05, 0) is 43.5 Å². The summed E-state index contributed by atoms with van der Waals surface area (Å²) < 4.78 is 5.57. The molecule has 1 atom stereocenters. The molecule has 1 N–H and O–H groups in total. The Labute approximate surface area is 130 Å². The van der Waals surface area contributed by atoms with Gasteiger partial charge in [0.15, 0.2) is 0 Å². The monoisotopic (exact) mass is 302 g/mol. The van der Waals surface area contributed by atoms with Crippen LogP contribution >= 0.6 is 11.3 Å². The van der Waals surface area contributed by atoms with Crippen molar-refractivity contribution < 1.29 is 4.74 Å². The van der Waals surface area contributed by atoms with Gasteiger partial charge < -0.3 is 10.1 Å². The number of benzene rings is 1. The topological polar surface area (TPSA) is 34.1 Å². The van der Waals surface area contributed by atoms with Crippen LogP contribution < -0.4 is 10.1 Å². The molecule has 21 heavy (non-hydrogen) atoms. The van der Waals surface area contributed by atoms with Gasteiger partial charge in [0.2, 0.25) is 0 Å². The van der Waals surface area contributed by atoms with E-state index >= 15 is 0 Å². The fourth-order valence-electron chi connectivity index (χ4n) is 2.85. The molecule has 4 heteroatoms. The summed E-state index contributed by atoms with van der Waals surface area (Å²) in [5.74, 6) is 1.07. The van der Waals surface area contributed by atoms with E-state index < -0.39 is 0 Å². The van der Waals surface area contributed by atoms with E-state index in [1.54, 1.807) is 11.3 Å². The molecule has 1 aromatic heterocycles. The van der Waals surface area contributed by atoms with Crippen LogP contribution in [0.1, 0.15) is 41.2 Å². The molecule has 0 amide bonds. The normalized spacial score (nSPS) is 14.8. The zero-order chi connectivity index (χ0) is 14.7. The molecule has 1 aliphatic heterocycles. The summed E-state index contributed by atoms with van der Waals surface area (Å²) in [5, 5.41) is 6.88. The molecule has 112 valence electrons. The van der Waals surface area contributed by atoms with Gasteiger partial charge >= 0.3 is 0 Å². The van der Waals surface area contributed by atoms with E-state index in [1.807, 2.05) is 0 Å². The molecular weight excluding hydrogens is 280 g/mol. The standard InChI is InChI=1S/C17H22N2OS/c1-3-18-15(16-11-21-12(2)19-16)6-4-13-5-7-17-14(10-13)8-9-20-17/h5,7,10-11,15,18H,3-4,6,8-9H2,1-2H3. The van der Waals surface area contributed by atoms with E-state index in [0.29, 0.717) is 6.04 Å². The number of rotatable bonds is 6. The molecule has 0 saturated heterocycles. The predicted molar refractivity (Wildman–Crippen MR) is 87.2 cm³/mol. The first-order valence-electron chi connectivity index (χ1n) is 7.66. The van der Waals surface area contributed by atoms with Gasteiger partial charge in [-0.1, -0.05) is 19.1 Å². The fraction of sp³-hybridized carbons (Fsp3) is 0.471. The fourth-order valence-corrected chi connectivity index (χ4v) is 3.51. The maximum Gasteiger partial charge on any atom is 0.122 e. The maximum absolute atomic E-state index is 5.57. The summed E-state index contributed by atoms with van der Waals surface area (Å²) in [6, 6.07) is 6.97. The van der Waals surface area contributed by atoms with Gasteiger partial charge in [-0.25, -0.2) is 4.98 Å². The average molecular weight is 302 g/mol. The lowest BCUT2D eigenvalue weighted by molar-refractivity contribution is 0.357. The van der Waals surface area contributed by atoms with Gasteiger partial charge in [0.25, 0.3) is 0 Å². The van der Waals surface area contributed by atoms with E-state index in [9.17, 15) is 0 Å². The molecular formula is C17H22N2OS. The van der Waals surface area contributed by atoms with Gasteiger partial charge in [-0.2, -0.15) is 0 Å². The van der Waals surface area contributed by atoms with Crippen molar-refractivity contribution in [3.63, 3.8) is 0 Å². The minimum atomic E-state index is 0.351. The van der Waals surface area contributed by atoms with Gasteiger partial charge in [0.1, 0.15) is 5.75 Å². The highest BCUT2D eigenvalue weighted by Gasteiger charge is 2.15. The Bertz CT molecular complexity index is 609. The molecule has 0 aliphatic carbocycles. The lowest BCUT2D eigenvalue weighted by Gasteiger charge is -2.16. The minimum absolute atomic E-state index is 0.351. The predicted octanol–water partition coefficient (Wildman–Crippen LogP) is 3.67. The number of thiazole rings is 1. The highest BCUT2D eigenvalue weighted by molar-refractivity contribution is 7.09. The number of aromatic nitrogens is 1. The zero-order valence-electron chi connectivity index (χ0n) is 12.7. The first-order valence-corrected chi connectivity index (χ1v) is 8.54. The van der Waals surface area contributed by atoms with Crippen LogP contribution in [0.15, 0.2) is 23.6 Å². The van der Waals surface area contributed by atoms with E-state index in [1.165, 1.54) is 16.8 Å². The number of aryl methyl sites for hydroxylation is 2. The lowest BCUT2D eigenvalue weighted by atomic mass is 10.0. The number of ether oxygens (including phenoxy) is 1. The minimum Gasteiger partial charge on any atom is -0.493 e. The Balaban J connectivity index is 1.66. The molecule has 2 heterocycles. The van der Waals surface area contributed by atoms with E-state index in [4.69, 9.17) is 4.74 Å². The summed E-state index contributed by atoms with van der Waals surface area (Å²) in [6.07, 6.45) is 3.20. The Kier molecular flexibility index (Phi) is 4.56. The van der Waals surface area contributed by atoms with Gasteiger partial charge in [-0.3, -0.25) is 0 Å².